The number of carbonyl (C=O) groups excluding carboxylic acids is 2. The van der Waals surface area contributed by atoms with Gasteiger partial charge in [-0.25, -0.2) is 17.5 Å². The Balaban J connectivity index is 1.66. The van der Waals surface area contributed by atoms with Crippen molar-refractivity contribution < 1.29 is 35.6 Å². The van der Waals surface area contributed by atoms with Crippen molar-refractivity contribution in [1.29, 1.82) is 0 Å². The van der Waals surface area contributed by atoms with Crippen molar-refractivity contribution in [1.82, 2.24) is 15.1 Å². The number of nitrogens with two attached hydrogens (primary N) is 1. The minimum absolute atomic E-state index is 0.0170. The Labute approximate surface area is 238 Å². The Hall–Kier alpha value is -4.56. The lowest BCUT2D eigenvalue weighted by Crippen LogP contribution is -2.37. The van der Waals surface area contributed by atoms with E-state index < -0.39 is 51.1 Å². The summed E-state index contributed by atoms with van der Waals surface area (Å²) in [4.78, 5) is 24.9. The van der Waals surface area contributed by atoms with Crippen LogP contribution in [0.4, 0.5) is 23.2 Å². The average Bonchev–Trinajstić information content (AvgIpc) is 3.39. The third-order valence-electron chi connectivity index (χ3n) is 6.08. The van der Waals surface area contributed by atoms with Gasteiger partial charge in [0, 0.05) is 24.4 Å². The number of aromatic nitrogens is 2. The van der Waals surface area contributed by atoms with Crippen molar-refractivity contribution in [2.24, 2.45) is 5.73 Å². The number of nitrogens with zero attached hydrogens (tertiary/aromatic N) is 2. The summed E-state index contributed by atoms with van der Waals surface area (Å²) in [6, 6.07) is 15.3. The number of hydrogen-bond donors (Lipinski definition) is 3. The minimum atomic E-state index is -4.89. The first-order chi connectivity index (χ1) is 19.6. The molecular formula is C28H25F4N5O4S. The zero-order valence-corrected chi connectivity index (χ0v) is 23.1. The standard InChI is InChI=1S/C28H25F4N5O4S/c1-16(33)26(38)34-15-17-6-5-7-19(12-17)37-23(14-25(36-37)28(30,31)32)27(39)35-22-11-10-18(13-21(22)29)20-8-3-4-9-24(20)42(2,40)41/h3-14,16H,15,33H2,1-2H3,(H,34,38)(H,35,39)/t16-/m0/s1. The van der Waals surface area contributed by atoms with Gasteiger partial charge >= 0.3 is 6.18 Å². The van der Waals surface area contributed by atoms with Gasteiger partial charge in [-0.15, -0.1) is 0 Å². The van der Waals surface area contributed by atoms with Crippen LogP contribution in [0.3, 0.4) is 0 Å². The zero-order chi connectivity index (χ0) is 30.8. The van der Waals surface area contributed by atoms with Crippen LogP contribution in [-0.4, -0.2) is 42.3 Å². The number of benzene rings is 3. The van der Waals surface area contributed by atoms with Crippen LogP contribution in [-0.2, 0) is 27.4 Å². The summed E-state index contributed by atoms with van der Waals surface area (Å²) >= 11 is 0. The molecule has 4 rings (SSSR count). The highest BCUT2D eigenvalue weighted by molar-refractivity contribution is 7.90. The topological polar surface area (TPSA) is 136 Å². The van der Waals surface area contributed by atoms with Gasteiger partial charge in [-0.2, -0.15) is 18.3 Å². The van der Waals surface area contributed by atoms with Gasteiger partial charge < -0.3 is 16.4 Å². The summed E-state index contributed by atoms with van der Waals surface area (Å²) in [5.41, 5.74) is 4.31. The molecule has 0 radical (unpaired) electrons. The summed E-state index contributed by atoms with van der Waals surface area (Å²) in [5.74, 6) is -2.47. The highest BCUT2D eigenvalue weighted by Gasteiger charge is 2.36. The number of nitrogens with one attached hydrogen (secondary N) is 2. The quantitative estimate of drug-likeness (QED) is 0.257. The van der Waals surface area contributed by atoms with E-state index in [9.17, 15) is 31.2 Å². The molecule has 1 heterocycles. The number of hydrogen-bond acceptors (Lipinski definition) is 6. The lowest BCUT2D eigenvalue weighted by molar-refractivity contribution is -0.141. The van der Waals surface area contributed by atoms with Crippen molar-refractivity contribution in [3.63, 3.8) is 0 Å². The van der Waals surface area contributed by atoms with E-state index in [1.165, 1.54) is 55.5 Å². The van der Waals surface area contributed by atoms with Crippen molar-refractivity contribution >= 4 is 27.3 Å². The molecule has 220 valence electrons. The second-order valence-electron chi connectivity index (χ2n) is 9.42. The second-order valence-corrected chi connectivity index (χ2v) is 11.4. The third-order valence-corrected chi connectivity index (χ3v) is 7.24. The van der Waals surface area contributed by atoms with E-state index in [0.717, 1.165) is 17.0 Å². The summed E-state index contributed by atoms with van der Waals surface area (Å²) in [7, 11) is -3.64. The van der Waals surface area contributed by atoms with Gasteiger partial charge in [0.2, 0.25) is 5.91 Å². The monoisotopic (exact) mass is 603 g/mol. The molecule has 9 nitrogen and oxygen atoms in total. The predicted molar refractivity (Wildman–Crippen MR) is 147 cm³/mol. The summed E-state index contributed by atoms with van der Waals surface area (Å²) in [6.45, 7) is 1.51. The third kappa shape index (κ3) is 6.83. The van der Waals surface area contributed by atoms with Gasteiger partial charge in [0.1, 0.15) is 11.5 Å². The van der Waals surface area contributed by atoms with Crippen LogP contribution in [0.2, 0.25) is 0 Å². The normalized spacial score (nSPS) is 12.5. The highest BCUT2D eigenvalue weighted by Crippen LogP contribution is 2.32. The SMILES string of the molecule is C[C@H](N)C(=O)NCc1cccc(-n2nc(C(F)(F)F)cc2C(=O)Nc2ccc(-c3ccccc3S(C)(=O)=O)cc2F)c1. The number of alkyl halides is 3. The molecular weight excluding hydrogens is 578 g/mol. The maximum Gasteiger partial charge on any atom is 0.435 e. The van der Waals surface area contributed by atoms with E-state index in [-0.39, 0.29) is 33.9 Å². The van der Waals surface area contributed by atoms with Crippen molar-refractivity contribution in [2.45, 2.75) is 30.6 Å². The molecule has 0 unspecified atom stereocenters. The molecule has 1 aromatic heterocycles. The number of anilines is 1. The van der Waals surface area contributed by atoms with Crippen molar-refractivity contribution in [3.8, 4) is 16.8 Å². The molecule has 4 N–H and O–H groups in total. The molecule has 3 aromatic carbocycles. The Morgan fingerprint density at radius 1 is 1.02 bits per heavy atom. The Morgan fingerprint density at radius 3 is 2.38 bits per heavy atom. The molecule has 14 heteroatoms. The first kappa shape index (κ1) is 30.4. The smallest absolute Gasteiger partial charge is 0.351 e. The summed E-state index contributed by atoms with van der Waals surface area (Å²) < 4.78 is 80.9. The maximum atomic E-state index is 15.1. The van der Waals surface area contributed by atoms with Crippen LogP contribution in [0.1, 0.15) is 28.7 Å². The minimum Gasteiger partial charge on any atom is -0.351 e. The van der Waals surface area contributed by atoms with Crippen molar-refractivity contribution in [2.75, 3.05) is 11.6 Å². The molecule has 2 amide bonds. The van der Waals surface area contributed by atoms with Crippen LogP contribution in [0.5, 0.6) is 0 Å². The molecule has 42 heavy (non-hydrogen) atoms. The van der Waals surface area contributed by atoms with E-state index in [2.05, 4.69) is 15.7 Å². The van der Waals surface area contributed by atoms with E-state index in [1.807, 2.05) is 0 Å². The molecule has 0 spiro atoms. The first-order valence-corrected chi connectivity index (χ1v) is 14.2. The Morgan fingerprint density at radius 2 is 1.74 bits per heavy atom. The lowest BCUT2D eigenvalue weighted by Gasteiger charge is -2.12. The molecule has 0 aliphatic rings. The van der Waals surface area contributed by atoms with E-state index in [1.54, 1.807) is 12.1 Å². The largest absolute Gasteiger partial charge is 0.435 e. The molecule has 1 atom stereocenters. The van der Waals surface area contributed by atoms with Gasteiger partial charge in [-0.3, -0.25) is 9.59 Å². The van der Waals surface area contributed by atoms with Gasteiger partial charge in [0.15, 0.2) is 15.5 Å². The van der Waals surface area contributed by atoms with Gasteiger partial charge in [0.05, 0.1) is 22.3 Å². The fraction of sp³-hybridized carbons (Fsp3) is 0.179. The van der Waals surface area contributed by atoms with E-state index in [4.69, 9.17) is 5.73 Å². The average molecular weight is 604 g/mol. The number of rotatable bonds is 8. The van der Waals surface area contributed by atoms with Crippen molar-refractivity contribution in [3.05, 3.63) is 95.6 Å². The van der Waals surface area contributed by atoms with E-state index in [0.29, 0.717) is 11.6 Å². The first-order valence-electron chi connectivity index (χ1n) is 12.4. The van der Waals surface area contributed by atoms with E-state index >= 15 is 4.39 Å². The van der Waals surface area contributed by atoms with Crippen LogP contribution in [0, 0.1) is 5.82 Å². The fourth-order valence-electron chi connectivity index (χ4n) is 4.03. The van der Waals surface area contributed by atoms with Crippen LogP contribution in [0.25, 0.3) is 16.8 Å². The highest BCUT2D eigenvalue weighted by atomic mass is 32.2. The zero-order valence-electron chi connectivity index (χ0n) is 22.2. The molecule has 0 fully saturated rings. The molecule has 0 saturated heterocycles. The molecule has 0 bridgehead atoms. The van der Waals surface area contributed by atoms with Crippen LogP contribution < -0.4 is 16.4 Å². The van der Waals surface area contributed by atoms with Gasteiger partial charge in [-0.1, -0.05) is 36.4 Å². The van der Waals surface area contributed by atoms with Gasteiger partial charge in [-0.05, 0) is 48.4 Å². The molecule has 0 aliphatic heterocycles. The number of sulfone groups is 1. The number of halogens is 4. The van der Waals surface area contributed by atoms with Crippen LogP contribution in [0.15, 0.2) is 77.7 Å². The summed E-state index contributed by atoms with van der Waals surface area (Å²) in [6.07, 6.45) is -3.87. The summed E-state index contributed by atoms with van der Waals surface area (Å²) in [5, 5.41) is 8.40. The fourth-order valence-corrected chi connectivity index (χ4v) is 4.94. The lowest BCUT2D eigenvalue weighted by atomic mass is 10.0. The Kier molecular flexibility index (Phi) is 8.50. The predicted octanol–water partition coefficient (Wildman–Crippen LogP) is 4.32. The Bertz CT molecular complexity index is 1770. The number of amides is 2. The second kappa shape index (κ2) is 11.7. The molecule has 0 saturated carbocycles. The number of carbonyl (C=O) groups is 2. The molecule has 4 aromatic rings. The molecule has 0 aliphatic carbocycles. The van der Waals surface area contributed by atoms with Crippen LogP contribution >= 0.6 is 0 Å². The maximum absolute atomic E-state index is 15.1. The van der Waals surface area contributed by atoms with Gasteiger partial charge in [0.25, 0.3) is 5.91 Å².